The first-order chi connectivity index (χ1) is 10.8. The molecule has 0 radical (unpaired) electrons. The molecular weight excluding hydrogens is 386 g/mol. The van der Waals surface area contributed by atoms with Crippen LogP contribution < -0.4 is 0 Å². The van der Waals surface area contributed by atoms with Crippen molar-refractivity contribution in [3.63, 3.8) is 0 Å². The van der Waals surface area contributed by atoms with Gasteiger partial charge in [-0.05, 0) is 25.0 Å². The van der Waals surface area contributed by atoms with Crippen LogP contribution in [-0.4, -0.2) is 50.4 Å². The molecule has 0 saturated carbocycles. The summed E-state index contributed by atoms with van der Waals surface area (Å²) in [7, 11) is -3.22. The van der Waals surface area contributed by atoms with Crippen molar-refractivity contribution in [3.05, 3.63) is 34.3 Å². The monoisotopic (exact) mass is 403 g/mol. The molecule has 0 amide bonds. The zero-order valence-corrected chi connectivity index (χ0v) is 15.1. The van der Waals surface area contributed by atoms with Crippen molar-refractivity contribution in [1.29, 1.82) is 0 Å². The van der Waals surface area contributed by atoms with Crippen molar-refractivity contribution in [1.82, 2.24) is 4.31 Å². The quantitative estimate of drug-likeness (QED) is 0.553. The van der Waals surface area contributed by atoms with Crippen LogP contribution in [0.2, 0.25) is 0 Å². The van der Waals surface area contributed by atoms with Gasteiger partial charge in [0.15, 0.2) is 12.4 Å². The van der Waals surface area contributed by atoms with E-state index in [0.717, 1.165) is 10.7 Å². The van der Waals surface area contributed by atoms with Gasteiger partial charge in [-0.2, -0.15) is 0 Å². The van der Waals surface area contributed by atoms with Crippen molar-refractivity contribution in [3.8, 4) is 0 Å². The fraction of sp³-hybridized carbons (Fsp3) is 0.467. The van der Waals surface area contributed by atoms with Crippen LogP contribution in [0.25, 0.3) is 0 Å². The lowest BCUT2D eigenvalue weighted by Gasteiger charge is -2.28. The summed E-state index contributed by atoms with van der Waals surface area (Å²) in [5.74, 6) is -1.07. The number of nitrogens with zero attached hydrogens (tertiary/aromatic N) is 1. The molecule has 0 aromatic heterocycles. The van der Waals surface area contributed by atoms with Gasteiger partial charge in [-0.25, -0.2) is 12.7 Å². The second-order valence-corrected chi connectivity index (χ2v) is 8.38. The van der Waals surface area contributed by atoms with E-state index >= 15 is 0 Å². The maximum absolute atomic E-state index is 12.0. The number of carbonyl (C=O) groups excluding carboxylic acids is 2. The highest BCUT2D eigenvalue weighted by atomic mass is 79.9. The molecule has 1 aromatic rings. The SMILES string of the molecule is CS(=O)(=O)N1CCC(C(=O)OCC(=O)c2cccc(Br)c2)CC1. The van der Waals surface area contributed by atoms with Gasteiger partial charge in [-0.15, -0.1) is 0 Å². The summed E-state index contributed by atoms with van der Waals surface area (Å²) in [6.07, 6.45) is 1.98. The first kappa shape index (κ1) is 18.1. The standard InChI is InChI=1S/C15H18BrNO5S/c1-23(20,21)17-7-5-11(6-8-17)15(19)22-10-14(18)12-3-2-4-13(16)9-12/h2-4,9,11H,5-8,10H2,1H3. The Hall–Kier alpha value is -1.25. The van der Waals surface area contributed by atoms with Crippen LogP contribution in [-0.2, 0) is 19.6 Å². The largest absolute Gasteiger partial charge is 0.457 e. The lowest BCUT2D eigenvalue weighted by atomic mass is 9.98. The van der Waals surface area contributed by atoms with Gasteiger partial charge in [-0.1, -0.05) is 28.1 Å². The maximum Gasteiger partial charge on any atom is 0.309 e. The van der Waals surface area contributed by atoms with Crippen molar-refractivity contribution in [2.45, 2.75) is 12.8 Å². The van der Waals surface area contributed by atoms with Crippen LogP contribution in [0.5, 0.6) is 0 Å². The molecule has 2 rings (SSSR count). The number of ketones is 1. The van der Waals surface area contributed by atoms with Crippen LogP contribution in [0.3, 0.4) is 0 Å². The number of esters is 1. The van der Waals surface area contributed by atoms with E-state index < -0.39 is 16.0 Å². The minimum absolute atomic E-state index is 0.270. The summed E-state index contributed by atoms with van der Waals surface area (Å²) in [5, 5.41) is 0. The smallest absolute Gasteiger partial charge is 0.309 e. The van der Waals surface area contributed by atoms with Crippen LogP contribution in [0, 0.1) is 5.92 Å². The van der Waals surface area contributed by atoms with Gasteiger partial charge in [-0.3, -0.25) is 9.59 Å². The van der Waals surface area contributed by atoms with Crippen LogP contribution >= 0.6 is 15.9 Å². The number of ether oxygens (including phenoxy) is 1. The van der Waals surface area contributed by atoms with Gasteiger partial charge >= 0.3 is 5.97 Å². The zero-order chi connectivity index (χ0) is 17.0. The molecule has 0 unspecified atom stereocenters. The molecule has 1 aliphatic rings. The molecule has 1 aromatic carbocycles. The summed E-state index contributed by atoms with van der Waals surface area (Å²) in [6, 6.07) is 6.87. The number of halogens is 1. The van der Waals surface area contributed by atoms with Crippen LogP contribution in [0.4, 0.5) is 0 Å². The summed E-state index contributed by atoms with van der Waals surface area (Å²) >= 11 is 3.28. The Morgan fingerprint density at radius 2 is 1.96 bits per heavy atom. The first-order valence-corrected chi connectivity index (χ1v) is 9.82. The van der Waals surface area contributed by atoms with E-state index in [-0.39, 0.29) is 18.3 Å². The number of sulfonamides is 1. The molecule has 0 atom stereocenters. The predicted octanol–water partition coefficient (Wildman–Crippen LogP) is 1.85. The molecule has 1 heterocycles. The van der Waals surface area contributed by atoms with Crippen LogP contribution in [0.1, 0.15) is 23.2 Å². The lowest BCUT2D eigenvalue weighted by Crippen LogP contribution is -2.40. The molecule has 0 spiro atoms. The van der Waals surface area contributed by atoms with Crippen LogP contribution in [0.15, 0.2) is 28.7 Å². The Balaban J connectivity index is 1.83. The third-order valence-electron chi connectivity index (χ3n) is 3.75. The van der Waals surface area contributed by atoms with E-state index in [2.05, 4.69) is 15.9 Å². The molecule has 0 aliphatic carbocycles. The summed E-state index contributed by atoms with van der Waals surface area (Å²) < 4.78 is 30.1. The average Bonchev–Trinajstić information content (AvgIpc) is 2.51. The Morgan fingerprint density at radius 1 is 1.30 bits per heavy atom. The minimum atomic E-state index is -3.22. The van der Waals surface area contributed by atoms with Gasteiger partial charge < -0.3 is 4.74 Å². The van der Waals surface area contributed by atoms with E-state index in [4.69, 9.17) is 4.74 Å². The topological polar surface area (TPSA) is 80.8 Å². The molecule has 0 bridgehead atoms. The third kappa shape index (κ3) is 5.12. The summed E-state index contributed by atoms with van der Waals surface area (Å²) in [5.41, 5.74) is 0.471. The molecule has 23 heavy (non-hydrogen) atoms. The average molecular weight is 404 g/mol. The number of rotatable bonds is 5. The molecule has 8 heteroatoms. The lowest BCUT2D eigenvalue weighted by molar-refractivity contribution is -0.148. The molecule has 1 aliphatic heterocycles. The van der Waals surface area contributed by atoms with Gasteiger partial charge in [0.25, 0.3) is 0 Å². The number of Topliss-reactive ketones (excluding diaryl/α,β-unsaturated/α-hetero) is 1. The van der Waals surface area contributed by atoms with Gasteiger partial charge in [0.2, 0.25) is 10.0 Å². The Labute approximate surface area is 144 Å². The van der Waals surface area contributed by atoms with Gasteiger partial charge in [0.1, 0.15) is 0 Å². The Bertz CT molecular complexity index is 696. The Morgan fingerprint density at radius 3 is 2.52 bits per heavy atom. The van der Waals surface area contributed by atoms with Crippen molar-refractivity contribution in [2.24, 2.45) is 5.92 Å². The first-order valence-electron chi connectivity index (χ1n) is 7.18. The predicted molar refractivity (Wildman–Crippen MR) is 88.6 cm³/mol. The fourth-order valence-electron chi connectivity index (χ4n) is 2.42. The van der Waals surface area contributed by atoms with E-state index in [1.807, 2.05) is 0 Å². The van der Waals surface area contributed by atoms with Crippen molar-refractivity contribution in [2.75, 3.05) is 26.0 Å². The number of carbonyl (C=O) groups is 2. The van der Waals surface area contributed by atoms with Crippen molar-refractivity contribution >= 4 is 37.7 Å². The maximum atomic E-state index is 12.0. The molecular formula is C15H18BrNO5S. The number of hydrogen-bond acceptors (Lipinski definition) is 5. The number of benzene rings is 1. The normalized spacial score (nSPS) is 17.0. The highest BCUT2D eigenvalue weighted by Gasteiger charge is 2.30. The highest BCUT2D eigenvalue weighted by molar-refractivity contribution is 9.10. The fourth-order valence-corrected chi connectivity index (χ4v) is 3.70. The van der Waals surface area contributed by atoms with E-state index in [1.54, 1.807) is 24.3 Å². The molecule has 0 N–H and O–H groups in total. The van der Waals surface area contributed by atoms with E-state index in [9.17, 15) is 18.0 Å². The molecule has 126 valence electrons. The molecule has 6 nitrogen and oxygen atoms in total. The summed E-state index contributed by atoms with van der Waals surface area (Å²) in [6.45, 7) is 0.304. The third-order valence-corrected chi connectivity index (χ3v) is 5.54. The second-order valence-electron chi connectivity index (χ2n) is 5.48. The van der Waals surface area contributed by atoms with E-state index in [1.165, 1.54) is 4.31 Å². The molecule has 1 saturated heterocycles. The number of piperidine rings is 1. The minimum Gasteiger partial charge on any atom is -0.457 e. The highest BCUT2D eigenvalue weighted by Crippen LogP contribution is 2.20. The van der Waals surface area contributed by atoms with Gasteiger partial charge in [0, 0.05) is 23.1 Å². The summed E-state index contributed by atoms with van der Waals surface area (Å²) in [4.78, 5) is 24.0. The van der Waals surface area contributed by atoms with Gasteiger partial charge in [0.05, 0.1) is 12.2 Å². The van der Waals surface area contributed by atoms with E-state index in [0.29, 0.717) is 31.5 Å². The number of hydrogen-bond donors (Lipinski definition) is 0. The second kappa shape index (κ2) is 7.55. The molecule has 1 fully saturated rings. The Kier molecular flexibility index (Phi) is 5.94. The zero-order valence-electron chi connectivity index (χ0n) is 12.7. The van der Waals surface area contributed by atoms with Crippen molar-refractivity contribution < 1.29 is 22.7 Å².